The number of hydrogen-bond acceptors (Lipinski definition) is 4. The summed E-state index contributed by atoms with van der Waals surface area (Å²) in [6.07, 6.45) is 6.11. The Bertz CT molecular complexity index is 710. The SMILES string of the molecule is CCOC(=O)CCN(C1CC1)S(=O)(=O)c1ccc2c(c1)CCCC2. The van der Waals surface area contributed by atoms with E-state index in [2.05, 4.69) is 0 Å². The number of sulfonamides is 1. The van der Waals surface area contributed by atoms with Crippen molar-refractivity contribution in [2.75, 3.05) is 13.2 Å². The lowest BCUT2D eigenvalue weighted by Gasteiger charge is -2.23. The van der Waals surface area contributed by atoms with Gasteiger partial charge in [-0.15, -0.1) is 0 Å². The Hall–Kier alpha value is -1.40. The molecule has 6 heteroatoms. The molecule has 3 rings (SSSR count). The zero-order valence-corrected chi connectivity index (χ0v) is 15.0. The van der Waals surface area contributed by atoms with E-state index in [1.54, 1.807) is 13.0 Å². The Balaban J connectivity index is 1.80. The number of benzene rings is 1. The van der Waals surface area contributed by atoms with Gasteiger partial charge < -0.3 is 4.74 Å². The summed E-state index contributed by atoms with van der Waals surface area (Å²) in [7, 11) is -3.56. The van der Waals surface area contributed by atoms with E-state index in [0.29, 0.717) is 11.5 Å². The minimum atomic E-state index is -3.56. The van der Waals surface area contributed by atoms with Gasteiger partial charge in [0.15, 0.2) is 0 Å². The maximum absolute atomic E-state index is 13.0. The molecule has 1 aromatic rings. The van der Waals surface area contributed by atoms with Crippen molar-refractivity contribution in [3.05, 3.63) is 29.3 Å². The number of carbonyl (C=O) groups excluding carboxylic acids is 1. The standard InChI is InChI=1S/C18H25NO4S/c1-2-23-18(20)11-12-19(16-8-9-16)24(21,22)17-10-7-14-5-3-4-6-15(14)13-17/h7,10,13,16H,2-6,8-9,11-12H2,1H3. The minimum absolute atomic E-state index is 0.0282. The van der Waals surface area contributed by atoms with Gasteiger partial charge in [-0.05, 0) is 68.7 Å². The van der Waals surface area contributed by atoms with E-state index in [4.69, 9.17) is 4.74 Å². The average molecular weight is 351 g/mol. The van der Waals surface area contributed by atoms with Crippen LogP contribution in [0.1, 0.15) is 50.2 Å². The second kappa shape index (κ2) is 7.23. The number of fused-ring (bicyclic) bond motifs is 1. The lowest BCUT2D eigenvalue weighted by atomic mass is 9.92. The molecule has 0 N–H and O–H groups in total. The molecule has 0 atom stereocenters. The van der Waals surface area contributed by atoms with Gasteiger partial charge in [-0.2, -0.15) is 4.31 Å². The monoisotopic (exact) mass is 351 g/mol. The van der Waals surface area contributed by atoms with E-state index in [1.165, 1.54) is 16.3 Å². The lowest BCUT2D eigenvalue weighted by Crippen LogP contribution is -2.35. The molecule has 2 aliphatic carbocycles. The topological polar surface area (TPSA) is 63.7 Å². The first-order valence-electron chi connectivity index (χ1n) is 8.81. The van der Waals surface area contributed by atoms with Gasteiger partial charge in [0.2, 0.25) is 10.0 Å². The first-order chi connectivity index (χ1) is 11.5. The van der Waals surface area contributed by atoms with Crippen molar-refractivity contribution in [3.63, 3.8) is 0 Å². The third kappa shape index (κ3) is 3.81. The molecule has 24 heavy (non-hydrogen) atoms. The number of carbonyl (C=O) groups is 1. The molecule has 132 valence electrons. The molecule has 0 unspecified atom stereocenters. The van der Waals surface area contributed by atoms with E-state index in [0.717, 1.165) is 37.7 Å². The maximum atomic E-state index is 13.0. The molecule has 0 bridgehead atoms. The number of ether oxygens (including phenoxy) is 1. The molecule has 0 heterocycles. The summed E-state index contributed by atoms with van der Waals surface area (Å²) in [5, 5.41) is 0. The minimum Gasteiger partial charge on any atom is -0.466 e. The van der Waals surface area contributed by atoms with Gasteiger partial charge in [0.1, 0.15) is 0 Å². The smallest absolute Gasteiger partial charge is 0.307 e. The van der Waals surface area contributed by atoms with Gasteiger partial charge in [0.05, 0.1) is 17.9 Å². The highest BCUT2D eigenvalue weighted by molar-refractivity contribution is 7.89. The van der Waals surface area contributed by atoms with Crippen molar-refractivity contribution in [1.29, 1.82) is 0 Å². The molecule has 5 nitrogen and oxygen atoms in total. The Morgan fingerprint density at radius 1 is 1.21 bits per heavy atom. The molecule has 0 radical (unpaired) electrons. The van der Waals surface area contributed by atoms with Crippen LogP contribution in [-0.2, 0) is 32.4 Å². The second-order valence-electron chi connectivity index (χ2n) is 6.54. The number of aryl methyl sites for hydroxylation is 2. The third-order valence-electron chi connectivity index (χ3n) is 4.72. The second-order valence-corrected chi connectivity index (χ2v) is 8.43. The molecule has 0 aromatic heterocycles. The predicted molar refractivity (Wildman–Crippen MR) is 91.2 cm³/mol. The highest BCUT2D eigenvalue weighted by Gasteiger charge is 2.38. The van der Waals surface area contributed by atoms with Crippen molar-refractivity contribution in [2.24, 2.45) is 0 Å². The highest BCUT2D eigenvalue weighted by atomic mass is 32.2. The lowest BCUT2D eigenvalue weighted by molar-refractivity contribution is -0.143. The number of nitrogens with zero attached hydrogens (tertiary/aromatic N) is 1. The van der Waals surface area contributed by atoms with Crippen LogP contribution in [0.15, 0.2) is 23.1 Å². The van der Waals surface area contributed by atoms with Crippen molar-refractivity contribution < 1.29 is 17.9 Å². The number of esters is 1. The summed E-state index contributed by atoms with van der Waals surface area (Å²) in [6.45, 7) is 2.27. The fourth-order valence-electron chi connectivity index (χ4n) is 3.30. The third-order valence-corrected chi connectivity index (χ3v) is 6.67. The van der Waals surface area contributed by atoms with Gasteiger partial charge in [-0.1, -0.05) is 6.07 Å². The zero-order chi connectivity index (χ0) is 17.2. The summed E-state index contributed by atoms with van der Waals surface area (Å²) >= 11 is 0. The normalized spacial score (nSPS) is 17.6. The van der Waals surface area contributed by atoms with Crippen LogP contribution in [0.5, 0.6) is 0 Å². The van der Waals surface area contributed by atoms with Gasteiger partial charge in [0, 0.05) is 12.6 Å². The van der Waals surface area contributed by atoms with Crippen LogP contribution in [0.3, 0.4) is 0 Å². The molecule has 0 amide bonds. The molecule has 0 aliphatic heterocycles. The summed E-state index contributed by atoms with van der Waals surface area (Å²) in [5.74, 6) is -0.344. The Morgan fingerprint density at radius 2 is 1.92 bits per heavy atom. The van der Waals surface area contributed by atoms with Crippen LogP contribution in [-0.4, -0.2) is 37.9 Å². The number of rotatable bonds is 7. The van der Waals surface area contributed by atoms with Crippen LogP contribution >= 0.6 is 0 Å². The Kier molecular flexibility index (Phi) is 5.25. The van der Waals surface area contributed by atoms with E-state index < -0.39 is 10.0 Å². The van der Waals surface area contributed by atoms with Gasteiger partial charge in [-0.3, -0.25) is 4.79 Å². The summed E-state index contributed by atoms with van der Waals surface area (Å²) < 4.78 is 32.5. The molecule has 1 fully saturated rings. The largest absolute Gasteiger partial charge is 0.466 e. The average Bonchev–Trinajstić information content (AvgIpc) is 3.39. The van der Waals surface area contributed by atoms with Crippen LogP contribution in [0.2, 0.25) is 0 Å². The van der Waals surface area contributed by atoms with Crippen LogP contribution in [0, 0.1) is 0 Å². The quantitative estimate of drug-likeness (QED) is 0.709. The molecule has 0 spiro atoms. The van der Waals surface area contributed by atoms with Gasteiger partial charge in [0.25, 0.3) is 0 Å². The summed E-state index contributed by atoms with van der Waals surface area (Å²) in [6, 6.07) is 5.54. The fraction of sp³-hybridized carbons (Fsp3) is 0.611. The van der Waals surface area contributed by atoms with Gasteiger partial charge in [-0.25, -0.2) is 8.42 Å². The molecule has 0 saturated heterocycles. The summed E-state index contributed by atoms with van der Waals surface area (Å²) in [5.41, 5.74) is 2.42. The maximum Gasteiger partial charge on any atom is 0.307 e. The van der Waals surface area contributed by atoms with Crippen LogP contribution < -0.4 is 0 Å². The van der Waals surface area contributed by atoms with E-state index in [-0.39, 0.29) is 25.0 Å². The van der Waals surface area contributed by atoms with Crippen molar-refractivity contribution in [1.82, 2.24) is 4.31 Å². The molecule has 1 saturated carbocycles. The first-order valence-corrected chi connectivity index (χ1v) is 10.3. The van der Waals surface area contributed by atoms with Crippen LogP contribution in [0.25, 0.3) is 0 Å². The molecular weight excluding hydrogens is 326 g/mol. The molecular formula is C18H25NO4S. The van der Waals surface area contributed by atoms with E-state index in [1.807, 2.05) is 12.1 Å². The van der Waals surface area contributed by atoms with Crippen molar-refractivity contribution in [3.8, 4) is 0 Å². The molecule has 2 aliphatic rings. The van der Waals surface area contributed by atoms with Crippen LogP contribution in [0.4, 0.5) is 0 Å². The first kappa shape index (κ1) is 17.4. The van der Waals surface area contributed by atoms with Crippen molar-refractivity contribution in [2.45, 2.75) is 62.8 Å². The number of hydrogen-bond donors (Lipinski definition) is 0. The predicted octanol–water partition coefficient (Wildman–Crippen LogP) is 2.67. The van der Waals surface area contributed by atoms with E-state index in [9.17, 15) is 13.2 Å². The zero-order valence-electron chi connectivity index (χ0n) is 14.2. The Morgan fingerprint density at radius 3 is 2.58 bits per heavy atom. The van der Waals surface area contributed by atoms with Gasteiger partial charge >= 0.3 is 5.97 Å². The molecule has 1 aromatic carbocycles. The van der Waals surface area contributed by atoms with E-state index >= 15 is 0 Å². The highest BCUT2D eigenvalue weighted by Crippen LogP contribution is 2.33. The van der Waals surface area contributed by atoms with Crippen molar-refractivity contribution >= 4 is 16.0 Å². The fourth-order valence-corrected chi connectivity index (χ4v) is 5.04. The Labute approximate surface area is 144 Å². The summed E-state index contributed by atoms with van der Waals surface area (Å²) in [4.78, 5) is 12.0.